The van der Waals surface area contributed by atoms with E-state index in [1.165, 1.54) is 6.07 Å². The van der Waals surface area contributed by atoms with Gasteiger partial charge >= 0.3 is 0 Å². The van der Waals surface area contributed by atoms with Crippen LogP contribution < -0.4 is 9.47 Å². The zero-order chi connectivity index (χ0) is 28.4. The van der Waals surface area contributed by atoms with Gasteiger partial charge in [0.25, 0.3) is 0 Å². The van der Waals surface area contributed by atoms with E-state index in [1.807, 2.05) is 66.7 Å². The SMILES string of the molecule is CCC1(CC)c2c(F)cc(F)cc2-c2c1c1c(c3ccccc23)OC(c2ccccc2)(c2ccc(OC)cc2)C=C1. The van der Waals surface area contributed by atoms with Gasteiger partial charge in [0.15, 0.2) is 5.60 Å². The molecular formula is C37H30F2O2. The Morgan fingerprint density at radius 2 is 1.41 bits per heavy atom. The molecule has 0 aromatic heterocycles. The second-order valence-corrected chi connectivity index (χ2v) is 10.9. The Morgan fingerprint density at radius 3 is 2.10 bits per heavy atom. The van der Waals surface area contributed by atoms with Gasteiger partial charge in [-0.15, -0.1) is 0 Å². The van der Waals surface area contributed by atoms with Crippen molar-refractivity contribution in [3.05, 3.63) is 137 Å². The quantitative estimate of drug-likeness (QED) is 0.219. The first-order valence-electron chi connectivity index (χ1n) is 14.1. The van der Waals surface area contributed by atoms with E-state index in [4.69, 9.17) is 9.47 Å². The van der Waals surface area contributed by atoms with Crippen molar-refractivity contribution >= 4 is 16.8 Å². The lowest BCUT2D eigenvalue weighted by Gasteiger charge is -2.39. The van der Waals surface area contributed by atoms with Crippen molar-refractivity contribution in [2.75, 3.05) is 7.11 Å². The molecule has 41 heavy (non-hydrogen) atoms. The van der Waals surface area contributed by atoms with Gasteiger partial charge in [0.1, 0.15) is 23.1 Å². The lowest BCUT2D eigenvalue weighted by atomic mass is 9.71. The number of hydrogen-bond acceptors (Lipinski definition) is 2. The van der Waals surface area contributed by atoms with Crippen molar-refractivity contribution in [3.8, 4) is 22.6 Å². The highest BCUT2D eigenvalue weighted by Crippen LogP contribution is 2.60. The van der Waals surface area contributed by atoms with Gasteiger partial charge in [0, 0.05) is 39.1 Å². The third-order valence-corrected chi connectivity index (χ3v) is 9.16. The Labute approximate surface area is 238 Å². The molecular weight excluding hydrogens is 514 g/mol. The molecule has 1 atom stereocenters. The van der Waals surface area contributed by atoms with Gasteiger partial charge in [-0.25, -0.2) is 8.78 Å². The molecule has 1 aliphatic carbocycles. The highest BCUT2D eigenvalue weighted by Gasteiger charge is 2.48. The first-order chi connectivity index (χ1) is 20.0. The number of fused-ring (bicyclic) bond motifs is 8. The minimum absolute atomic E-state index is 0.490. The molecule has 0 amide bonds. The molecule has 5 aromatic rings. The predicted molar refractivity (Wildman–Crippen MR) is 161 cm³/mol. The standard InChI is InChI=1S/C37H30F2O2/c1-4-36(5-2)33-30(21-25(38)22-31(33)39)32-27-13-9-10-14-28(27)35-29(34(32)36)19-20-37(41-35,23-11-7-6-8-12-23)24-15-17-26(40-3)18-16-24/h6-22H,4-5H2,1-3H3. The van der Waals surface area contributed by atoms with Crippen LogP contribution in [0.5, 0.6) is 11.5 Å². The Balaban J connectivity index is 1.58. The van der Waals surface area contributed by atoms with E-state index >= 15 is 4.39 Å². The summed E-state index contributed by atoms with van der Waals surface area (Å²) in [5.41, 5.74) is 4.51. The normalized spacial score (nSPS) is 18.0. The van der Waals surface area contributed by atoms with Crippen LogP contribution in [0, 0.1) is 11.6 Å². The first kappa shape index (κ1) is 25.5. The second kappa shape index (κ2) is 9.31. The molecule has 1 heterocycles. The van der Waals surface area contributed by atoms with Gasteiger partial charge < -0.3 is 9.47 Å². The average Bonchev–Trinajstić information content (AvgIpc) is 3.32. The third kappa shape index (κ3) is 3.46. The summed E-state index contributed by atoms with van der Waals surface area (Å²) in [6.45, 7) is 4.18. The first-order valence-corrected chi connectivity index (χ1v) is 14.1. The van der Waals surface area contributed by atoms with E-state index in [-0.39, 0.29) is 0 Å². The van der Waals surface area contributed by atoms with Crippen molar-refractivity contribution in [2.24, 2.45) is 0 Å². The summed E-state index contributed by atoms with van der Waals surface area (Å²) in [5, 5.41) is 1.85. The van der Waals surface area contributed by atoms with Crippen molar-refractivity contribution in [2.45, 2.75) is 37.7 Å². The summed E-state index contributed by atoms with van der Waals surface area (Å²) in [7, 11) is 1.66. The molecule has 0 bridgehead atoms. The molecule has 0 saturated carbocycles. The Hall–Kier alpha value is -4.44. The van der Waals surface area contributed by atoms with Crippen molar-refractivity contribution in [1.29, 1.82) is 0 Å². The highest BCUT2D eigenvalue weighted by molar-refractivity contribution is 6.08. The number of ether oxygens (including phenoxy) is 2. The molecule has 0 radical (unpaired) electrons. The Bertz CT molecular complexity index is 1840. The summed E-state index contributed by atoms with van der Waals surface area (Å²) in [5.74, 6) is 0.464. The number of hydrogen-bond donors (Lipinski definition) is 0. The van der Waals surface area contributed by atoms with Crippen molar-refractivity contribution < 1.29 is 18.3 Å². The van der Waals surface area contributed by atoms with Gasteiger partial charge in [-0.05, 0) is 59.2 Å². The molecule has 5 aromatic carbocycles. The Kier molecular flexibility index (Phi) is 5.79. The third-order valence-electron chi connectivity index (χ3n) is 9.16. The minimum atomic E-state index is -0.901. The highest BCUT2D eigenvalue weighted by atomic mass is 19.1. The number of rotatable bonds is 5. The van der Waals surface area contributed by atoms with Gasteiger partial charge in [-0.1, -0.05) is 86.7 Å². The molecule has 2 aliphatic rings. The van der Waals surface area contributed by atoms with Crippen LogP contribution in [0.3, 0.4) is 0 Å². The van der Waals surface area contributed by atoms with Crippen LogP contribution in [0.4, 0.5) is 8.78 Å². The van der Waals surface area contributed by atoms with E-state index in [2.05, 4.69) is 38.1 Å². The van der Waals surface area contributed by atoms with E-state index in [0.29, 0.717) is 24.0 Å². The largest absolute Gasteiger partial charge is 0.497 e. The molecule has 0 saturated heterocycles. The summed E-state index contributed by atoms with van der Waals surface area (Å²) in [4.78, 5) is 0. The van der Waals surface area contributed by atoms with Crippen LogP contribution in [-0.2, 0) is 11.0 Å². The minimum Gasteiger partial charge on any atom is -0.497 e. The lowest BCUT2D eigenvalue weighted by molar-refractivity contribution is 0.163. The van der Waals surface area contributed by atoms with Crippen LogP contribution in [-0.4, -0.2) is 7.11 Å². The lowest BCUT2D eigenvalue weighted by Crippen LogP contribution is -2.35. The van der Waals surface area contributed by atoms with E-state index < -0.39 is 22.7 Å². The van der Waals surface area contributed by atoms with Gasteiger partial charge in [-0.3, -0.25) is 0 Å². The fourth-order valence-corrected chi connectivity index (χ4v) is 7.21. The summed E-state index contributed by atoms with van der Waals surface area (Å²) in [6.07, 6.45) is 5.60. The fourth-order valence-electron chi connectivity index (χ4n) is 7.21. The molecule has 0 spiro atoms. The second-order valence-electron chi connectivity index (χ2n) is 10.9. The van der Waals surface area contributed by atoms with Gasteiger partial charge in [0.2, 0.25) is 0 Å². The van der Waals surface area contributed by atoms with Crippen LogP contribution in [0.1, 0.15) is 54.5 Å². The maximum absolute atomic E-state index is 15.7. The van der Waals surface area contributed by atoms with Crippen LogP contribution in [0.2, 0.25) is 0 Å². The predicted octanol–water partition coefficient (Wildman–Crippen LogP) is 9.56. The zero-order valence-corrected chi connectivity index (χ0v) is 23.3. The molecule has 2 nitrogen and oxygen atoms in total. The molecule has 0 N–H and O–H groups in total. The van der Waals surface area contributed by atoms with E-state index in [0.717, 1.165) is 56.2 Å². The monoisotopic (exact) mass is 544 g/mol. The van der Waals surface area contributed by atoms with Gasteiger partial charge in [0.05, 0.1) is 7.11 Å². The van der Waals surface area contributed by atoms with E-state index in [9.17, 15) is 4.39 Å². The van der Waals surface area contributed by atoms with Crippen LogP contribution >= 0.6 is 0 Å². The van der Waals surface area contributed by atoms with Crippen LogP contribution in [0.25, 0.3) is 28.0 Å². The smallest absolute Gasteiger partial charge is 0.178 e. The molecule has 1 unspecified atom stereocenters. The molecule has 204 valence electrons. The topological polar surface area (TPSA) is 18.5 Å². The Morgan fingerprint density at radius 1 is 0.756 bits per heavy atom. The molecule has 1 aliphatic heterocycles. The number of methoxy groups -OCH3 is 1. The molecule has 0 fully saturated rings. The average molecular weight is 545 g/mol. The van der Waals surface area contributed by atoms with E-state index in [1.54, 1.807) is 7.11 Å². The summed E-state index contributed by atoms with van der Waals surface area (Å²) < 4.78 is 43.2. The number of benzene rings is 5. The molecule has 4 heteroatoms. The van der Waals surface area contributed by atoms with Crippen molar-refractivity contribution in [1.82, 2.24) is 0 Å². The fraction of sp³-hybridized carbons (Fsp3) is 0.189. The van der Waals surface area contributed by atoms with Gasteiger partial charge in [-0.2, -0.15) is 0 Å². The van der Waals surface area contributed by atoms with Crippen molar-refractivity contribution in [3.63, 3.8) is 0 Å². The zero-order valence-electron chi connectivity index (χ0n) is 23.3. The summed E-state index contributed by atoms with van der Waals surface area (Å²) in [6, 6.07) is 28.7. The maximum atomic E-state index is 15.7. The summed E-state index contributed by atoms with van der Waals surface area (Å²) >= 11 is 0. The van der Waals surface area contributed by atoms with Crippen LogP contribution in [0.15, 0.2) is 97.1 Å². The molecule has 7 rings (SSSR count). The maximum Gasteiger partial charge on any atom is 0.178 e. The number of halogens is 2.